The summed E-state index contributed by atoms with van der Waals surface area (Å²) in [4.78, 5) is 9.91. The standard InChI is InChI=1S/C2H2O4S/c3-2-1-5-7(4)6-2/h1H2. The summed E-state index contributed by atoms with van der Waals surface area (Å²) >= 11 is -1.80. The molecule has 0 aromatic rings. The summed E-state index contributed by atoms with van der Waals surface area (Å²) in [5, 5.41) is 0. The van der Waals surface area contributed by atoms with Crippen molar-refractivity contribution in [2.24, 2.45) is 0 Å². The van der Waals surface area contributed by atoms with Crippen LogP contribution in [0.4, 0.5) is 0 Å². The minimum atomic E-state index is -1.80. The molecule has 0 saturated carbocycles. The average Bonchev–Trinajstić information content (AvgIpc) is 1.87. The molecule has 0 N–H and O–H groups in total. The molecule has 1 unspecified atom stereocenters. The lowest BCUT2D eigenvalue weighted by Crippen LogP contribution is -1.94. The largest absolute Gasteiger partial charge is 0.363 e. The molecule has 0 bridgehead atoms. The van der Waals surface area contributed by atoms with Crippen LogP contribution < -0.4 is 0 Å². The van der Waals surface area contributed by atoms with Gasteiger partial charge in [0.2, 0.25) is 0 Å². The molecule has 1 heterocycles. The molecular weight excluding hydrogens is 120 g/mol. The first kappa shape index (κ1) is 4.73. The van der Waals surface area contributed by atoms with Crippen LogP contribution in [0.5, 0.6) is 0 Å². The monoisotopic (exact) mass is 122 g/mol. The van der Waals surface area contributed by atoms with Crippen LogP contribution in [-0.2, 0) is 24.5 Å². The van der Waals surface area contributed by atoms with E-state index in [1.807, 2.05) is 0 Å². The van der Waals surface area contributed by atoms with E-state index in [-0.39, 0.29) is 6.61 Å². The van der Waals surface area contributed by atoms with E-state index in [2.05, 4.69) is 8.37 Å². The van der Waals surface area contributed by atoms with Crippen molar-refractivity contribution < 1.29 is 17.4 Å². The van der Waals surface area contributed by atoms with E-state index in [0.29, 0.717) is 0 Å². The summed E-state index contributed by atoms with van der Waals surface area (Å²) in [7, 11) is 0. The summed E-state index contributed by atoms with van der Waals surface area (Å²) in [6, 6.07) is 0. The van der Waals surface area contributed by atoms with Crippen molar-refractivity contribution in [1.29, 1.82) is 0 Å². The van der Waals surface area contributed by atoms with E-state index in [0.717, 1.165) is 0 Å². The highest BCUT2D eigenvalue weighted by Gasteiger charge is 2.19. The molecule has 0 amide bonds. The van der Waals surface area contributed by atoms with Crippen LogP contribution >= 0.6 is 0 Å². The normalized spacial score (nSPS) is 30.3. The number of carbonyl (C=O) groups excluding carboxylic acids is 1. The topological polar surface area (TPSA) is 52.6 Å². The van der Waals surface area contributed by atoms with E-state index in [1.54, 1.807) is 0 Å². The first-order chi connectivity index (χ1) is 3.29. The van der Waals surface area contributed by atoms with E-state index < -0.39 is 17.3 Å². The summed E-state index contributed by atoms with van der Waals surface area (Å²) in [6.45, 7) is -0.188. The lowest BCUT2D eigenvalue weighted by Gasteiger charge is -1.77. The molecule has 1 aliphatic rings. The summed E-state index contributed by atoms with van der Waals surface area (Å²) < 4.78 is 18.0. The Labute approximate surface area is 42.3 Å². The van der Waals surface area contributed by atoms with E-state index in [4.69, 9.17) is 0 Å². The Hall–Kier alpha value is -0.420. The number of rotatable bonds is 0. The minimum Gasteiger partial charge on any atom is -0.341 e. The molecule has 1 saturated heterocycles. The molecule has 0 aromatic heterocycles. The van der Waals surface area contributed by atoms with Gasteiger partial charge in [0.05, 0.1) is 0 Å². The Bertz CT molecular complexity index is 105. The van der Waals surface area contributed by atoms with Crippen molar-refractivity contribution in [3.8, 4) is 0 Å². The van der Waals surface area contributed by atoms with Gasteiger partial charge in [0.25, 0.3) is 0 Å². The maximum Gasteiger partial charge on any atom is 0.363 e. The Balaban J connectivity index is 2.55. The van der Waals surface area contributed by atoms with Gasteiger partial charge in [0.1, 0.15) is 0 Å². The minimum absolute atomic E-state index is 0.188. The van der Waals surface area contributed by atoms with E-state index in [9.17, 15) is 9.00 Å². The van der Waals surface area contributed by atoms with Crippen LogP contribution in [-0.4, -0.2) is 16.8 Å². The highest BCUT2D eigenvalue weighted by atomic mass is 32.2. The molecule has 7 heavy (non-hydrogen) atoms. The number of hydrogen-bond acceptors (Lipinski definition) is 4. The Morgan fingerprint density at radius 2 is 2.43 bits per heavy atom. The van der Waals surface area contributed by atoms with Gasteiger partial charge in [-0.15, -0.1) is 0 Å². The van der Waals surface area contributed by atoms with Gasteiger partial charge < -0.3 is 4.18 Å². The SMILES string of the molecule is O=C1COS(=O)O1. The maximum absolute atomic E-state index is 9.91. The fraction of sp³-hybridized carbons (Fsp3) is 0.500. The zero-order chi connectivity index (χ0) is 5.28. The van der Waals surface area contributed by atoms with Gasteiger partial charge in [-0.1, -0.05) is 0 Å². The quantitative estimate of drug-likeness (QED) is 0.419. The van der Waals surface area contributed by atoms with Gasteiger partial charge >= 0.3 is 17.3 Å². The fourth-order valence-corrected chi connectivity index (χ4v) is 0.661. The molecule has 4 nitrogen and oxygen atoms in total. The molecule has 0 aliphatic carbocycles. The molecule has 0 aromatic carbocycles. The van der Waals surface area contributed by atoms with Gasteiger partial charge in [0.15, 0.2) is 6.61 Å². The third kappa shape index (κ3) is 0.971. The average molecular weight is 122 g/mol. The number of hydrogen-bond donors (Lipinski definition) is 0. The molecule has 1 aliphatic heterocycles. The van der Waals surface area contributed by atoms with Crippen LogP contribution in [0.3, 0.4) is 0 Å². The molecule has 1 fully saturated rings. The van der Waals surface area contributed by atoms with Crippen molar-refractivity contribution in [1.82, 2.24) is 0 Å². The predicted octanol–water partition coefficient (Wildman–Crippen LogP) is -0.861. The first-order valence-corrected chi connectivity index (χ1v) is 2.55. The zero-order valence-electron chi connectivity index (χ0n) is 3.25. The Morgan fingerprint density at radius 1 is 1.71 bits per heavy atom. The van der Waals surface area contributed by atoms with Crippen LogP contribution in [0, 0.1) is 0 Å². The van der Waals surface area contributed by atoms with Crippen molar-refractivity contribution in [2.45, 2.75) is 0 Å². The fourth-order valence-electron chi connectivity index (χ4n) is 0.220. The van der Waals surface area contributed by atoms with Gasteiger partial charge in [-0.05, 0) is 0 Å². The van der Waals surface area contributed by atoms with Gasteiger partial charge in [-0.3, -0.25) is 0 Å². The third-order valence-corrected chi connectivity index (χ3v) is 1.07. The molecule has 40 valence electrons. The maximum atomic E-state index is 9.91. The second kappa shape index (κ2) is 1.59. The van der Waals surface area contributed by atoms with E-state index >= 15 is 0 Å². The van der Waals surface area contributed by atoms with Crippen molar-refractivity contribution in [2.75, 3.05) is 6.61 Å². The Morgan fingerprint density at radius 3 is 2.57 bits per heavy atom. The number of carbonyl (C=O) groups is 1. The third-order valence-electron chi connectivity index (χ3n) is 0.434. The van der Waals surface area contributed by atoms with Gasteiger partial charge in [-0.2, -0.15) is 4.21 Å². The molecule has 0 spiro atoms. The second-order valence-electron chi connectivity index (χ2n) is 0.922. The van der Waals surface area contributed by atoms with Crippen LogP contribution in [0.25, 0.3) is 0 Å². The van der Waals surface area contributed by atoms with Gasteiger partial charge in [-0.25, -0.2) is 8.98 Å². The molecule has 0 radical (unpaired) electrons. The second-order valence-corrected chi connectivity index (χ2v) is 1.73. The van der Waals surface area contributed by atoms with E-state index in [1.165, 1.54) is 0 Å². The summed E-state index contributed by atoms with van der Waals surface area (Å²) in [5.74, 6) is -0.571. The van der Waals surface area contributed by atoms with Crippen molar-refractivity contribution >= 4 is 17.3 Å². The Kier molecular flexibility index (Phi) is 1.07. The first-order valence-electron chi connectivity index (χ1n) is 1.55. The van der Waals surface area contributed by atoms with Crippen LogP contribution in [0.1, 0.15) is 0 Å². The van der Waals surface area contributed by atoms with Crippen LogP contribution in [0.2, 0.25) is 0 Å². The summed E-state index contributed by atoms with van der Waals surface area (Å²) in [5.41, 5.74) is 0. The smallest absolute Gasteiger partial charge is 0.341 e. The lowest BCUT2D eigenvalue weighted by molar-refractivity contribution is -0.131. The molecular formula is C2H2O4S. The summed E-state index contributed by atoms with van der Waals surface area (Å²) in [6.07, 6.45) is 0. The predicted molar refractivity (Wildman–Crippen MR) is 20.2 cm³/mol. The zero-order valence-corrected chi connectivity index (χ0v) is 4.06. The molecule has 5 heteroatoms. The molecule has 1 rings (SSSR count). The van der Waals surface area contributed by atoms with Crippen molar-refractivity contribution in [3.63, 3.8) is 0 Å². The molecule has 1 atom stereocenters. The van der Waals surface area contributed by atoms with Crippen molar-refractivity contribution in [3.05, 3.63) is 0 Å². The lowest BCUT2D eigenvalue weighted by atomic mass is 10.8. The highest BCUT2D eigenvalue weighted by molar-refractivity contribution is 7.76. The highest BCUT2D eigenvalue weighted by Crippen LogP contribution is 1.98. The van der Waals surface area contributed by atoms with Crippen LogP contribution in [0.15, 0.2) is 0 Å². The van der Waals surface area contributed by atoms with Gasteiger partial charge in [0, 0.05) is 0 Å².